The molecule has 7 rings (SSSR count). The summed E-state index contributed by atoms with van der Waals surface area (Å²) >= 11 is 0. The molecule has 260 valence electrons. The van der Waals surface area contributed by atoms with E-state index in [1.54, 1.807) is 50.6 Å². The standard InChI is InChI=1S/C22H18N2O3.C22H21NO2/c1-27-17-12-13-19-18(14-17)21(25)24(22(26)23-19)20(15-8-4-2-5-9-15)16-10-6-3-7-11-16;1-25-18-12-13-21(23)20(14-18)22(24)15-19(16-8-4-2-5-9-16)17-10-6-3-7-11-17/h2-14,20H,1H3,(H,23,26);2-14,19H,15,23H2,1H3. The van der Waals surface area contributed by atoms with Gasteiger partial charge in [-0.15, -0.1) is 0 Å². The van der Waals surface area contributed by atoms with Crippen LogP contribution in [0.4, 0.5) is 5.69 Å². The maximum Gasteiger partial charge on any atom is 0.329 e. The van der Waals surface area contributed by atoms with Crippen LogP contribution in [0.2, 0.25) is 0 Å². The van der Waals surface area contributed by atoms with Crippen molar-refractivity contribution in [2.45, 2.75) is 18.4 Å². The summed E-state index contributed by atoms with van der Waals surface area (Å²) in [5, 5.41) is 0.408. The van der Waals surface area contributed by atoms with Gasteiger partial charge in [-0.05, 0) is 58.7 Å². The smallest absolute Gasteiger partial charge is 0.329 e. The Balaban J connectivity index is 0.000000179. The van der Waals surface area contributed by atoms with Gasteiger partial charge in [0.1, 0.15) is 11.5 Å². The molecular formula is C44H39N3O5. The molecule has 0 saturated heterocycles. The summed E-state index contributed by atoms with van der Waals surface area (Å²) < 4.78 is 11.7. The van der Waals surface area contributed by atoms with Crippen molar-refractivity contribution in [1.82, 2.24) is 9.55 Å². The van der Waals surface area contributed by atoms with Crippen molar-refractivity contribution in [1.29, 1.82) is 0 Å². The van der Waals surface area contributed by atoms with Crippen molar-refractivity contribution < 1.29 is 14.3 Å². The van der Waals surface area contributed by atoms with Gasteiger partial charge < -0.3 is 20.2 Å². The molecule has 0 amide bonds. The number of nitrogens with two attached hydrogens (primary N) is 1. The number of Topliss-reactive ketones (excluding diaryl/α,β-unsaturated/α-hetero) is 1. The minimum Gasteiger partial charge on any atom is -0.497 e. The molecule has 0 unspecified atom stereocenters. The van der Waals surface area contributed by atoms with Crippen LogP contribution in [0.3, 0.4) is 0 Å². The van der Waals surface area contributed by atoms with E-state index in [0.29, 0.717) is 40.1 Å². The molecule has 0 aliphatic carbocycles. The topological polar surface area (TPSA) is 116 Å². The second-order valence-electron chi connectivity index (χ2n) is 12.2. The number of hydrogen-bond donors (Lipinski definition) is 2. The highest BCUT2D eigenvalue weighted by Gasteiger charge is 2.22. The zero-order valence-electron chi connectivity index (χ0n) is 28.9. The molecule has 0 aliphatic rings. The number of ketones is 1. The van der Waals surface area contributed by atoms with Gasteiger partial charge in [0.15, 0.2) is 5.78 Å². The Morgan fingerprint density at radius 1 is 0.635 bits per heavy atom. The number of aromatic nitrogens is 2. The number of hydrogen-bond acceptors (Lipinski definition) is 6. The molecule has 6 aromatic carbocycles. The highest BCUT2D eigenvalue weighted by molar-refractivity contribution is 6.01. The van der Waals surface area contributed by atoms with Crippen LogP contribution in [0.5, 0.6) is 11.5 Å². The maximum absolute atomic E-state index is 13.3. The quantitative estimate of drug-likeness (QED) is 0.111. The first-order valence-corrected chi connectivity index (χ1v) is 16.9. The number of carbonyl (C=O) groups excluding carboxylic acids is 1. The van der Waals surface area contributed by atoms with Gasteiger partial charge in [-0.25, -0.2) is 9.36 Å². The molecular weight excluding hydrogens is 651 g/mol. The highest BCUT2D eigenvalue weighted by atomic mass is 16.5. The van der Waals surface area contributed by atoms with E-state index >= 15 is 0 Å². The second-order valence-corrected chi connectivity index (χ2v) is 12.2. The zero-order valence-corrected chi connectivity index (χ0v) is 28.9. The number of fused-ring (bicyclic) bond motifs is 1. The van der Waals surface area contributed by atoms with Crippen LogP contribution in [0.25, 0.3) is 10.9 Å². The number of rotatable bonds is 10. The van der Waals surface area contributed by atoms with Gasteiger partial charge in [-0.2, -0.15) is 0 Å². The fourth-order valence-corrected chi connectivity index (χ4v) is 6.33. The Kier molecular flexibility index (Phi) is 11.1. The fraction of sp³-hybridized carbons (Fsp3) is 0.114. The van der Waals surface area contributed by atoms with E-state index < -0.39 is 11.7 Å². The Morgan fingerprint density at radius 3 is 1.60 bits per heavy atom. The van der Waals surface area contributed by atoms with Crippen LogP contribution >= 0.6 is 0 Å². The number of nitrogen functional groups attached to an aromatic ring is 1. The molecule has 0 fully saturated rings. The minimum atomic E-state index is -0.528. The van der Waals surface area contributed by atoms with Crippen molar-refractivity contribution in [2.24, 2.45) is 0 Å². The van der Waals surface area contributed by atoms with Crippen LogP contribution in [0, 0.1) is 0 Å². The van der Waals surface area contributed by atoms with Crippen LogP contribution in [0.15, 0.2) is 167 Å². The Bertz CT molecular complexity index is 2300. The predicted octanol–water partition coefficient (Wildman–Crippen LogP) is 8.02. The molecule has 1 aromatic heterocycles. The summed E-state index contributed by atoms with van der Waals surface area (Å²) in [7, 11) is 3.12. The maximum atomic E-state index is 13.3. The minimum absolute atomic E-state index is 0.00843. The Labute approximate surface area is 301 Å². The Hall–Kier alpha value is -6.67. The van der Waals surface area contributed by atoms with E-state index in [1.807, 2.05) is 97.1 Å². The molecule has 8 nitrogen and oxygen atoms in total. The predicted molar refractivity (Wildman–Crippen MR) is 207 cm³/mol. The lowest BCUT2D eigenvalue weighted by Gasteiger charge is -2.20. The lowest BCUT2D eigenvalue weighted by Crippen LogP contribution is -2.39. The molecule has 0 aliphatic heterocycles. The number of methoxy groups -OCH3 is 2. The molecule has 0 atom stereocenters. The lowest BCUT2D eigenvalue weighted by atomic mass is 9.85. The molecule has 0 saturated carbocycles. The number of carbonyl (C=O) groups is 1. The van der Waals surface area contributed by atoms with Crippen molar-refractivity contribution in [3.63, 3.8) is 0 Å². The van der Waals surface area contributed by atoms with Crippen molar-refractivity contribution in [3.05, 3.63) is 206 Å². The summed E-state index contributed by atoms with van der Waals surface area (Å²) in [5.74, 6) is 1.19. The lowest BCUT2D eigenvalue weighted by molar-refractivity contribution is 0.0978. The largest absolute Gasteiger partial charge is 0.497 e. The van der Waals surface area contributed by atoms with E-state index in [-0.39, 0.29) is 17.3 Å². The van der Waals surface area contributed by atoms with E-state index in [0.717, 1.165) is 22.3 Å². The summed E-state index contributed by atoms with van der Waals surface area (Å²) in [6, 6.07) is 48.9. The first-order chi connectivity index (χ1) is 25.4. The van der Waals surface area contributed by atoms with E-state index in [2.05, 4.69) is 29.2 Å². The number of nitrogens with one attached hydrogen (secondary N) is 1. The molecule has 8 heteroatoms. The highest BCUT2D eigenvalue weighted by Crippen LogP contribution is 2.31. The third-order valence-electron chi connectivity index (χ3n) is 8.98. The molecule has 0 radical (unpaired) electrons. The molecule has 0 bridgehead atoms. The summed E-state index contributed by atoms with van der Waals surface area (Å²) in [6.45, 7) is 0. The van der Waals surface area contributed by atoms with Gasteiger partial charge in [0, 0.05) is 23.6 Å². The average Bonchev–Trinajstić information content (AvgIpc) is 3.20. The van der Waals surface area contributed by atoms with Crippen LogP contribution < -0.4 is 26.5 Å². The number of nitrogens with zero attached hydrogens (tertiary/aromatic N) is 1. The summed E-state index contributed by atoms with van der Waals surface area (Å²) in [6.07, 6.45) is 0.353. The third-order valence-corrected chi connectivity index (χ3v) is 8.98. The molecule has 52 heavy (non-hydrogen) atoms. The average molecular weight is 690 g/mol. The monoisotopic (exact) mass is 689 g/mol. The number of anilines is 1. The summed E-state index contributed by atoms with van der Waals surface area (Å²) in [5.41, 5.74) is 10.6. The normalized spacial score (nSPS) is 10.8. The fourth-order valence-electron chi connectivity index (χ4n) is 6.33. The third kappa shape index (κ3) is 7.87. The molecule has 3 N–H and O–H groups in total. The molecule has 0 spiro atoms. The SMILES string of the molecule is COc1ccc(N)c(C(=O)CC(c2ccccc2)c2ccccc2)c1.COc1ccc2[nH]c(=O)n(C(c3ccccc3)c3ccccc3)c(=O)c2c1. The van der Waals surface area contributed by atoms with Gasteiger partial charge in [0.05, 0.1) is 31.2 Å². The zero-order chi connectivity index (χ0) is 36.5. The van der Waals surface area contributed by atoms with Gasteiger partial charge in [-0.3, -0.25) is 9.59 Å². The number of ether oxygens (including phenoxy) is 2. The molecule has 1 heterocycles. The number of H-pyrrole nitrogens is 1. The number of aromatic amines is 1. The van der Waals surface area contributed by atoms with Crippen molar-refractivity contribution >= 4 is 22.4 Å². The summed E-state index contributed by atoms with van der Waals surface area (Å²) in [4.78, 5) is 41.9. The Morgan fingerprint density at radius 2 is 1.10 bits per heavy atom. The first kappa shape index (κ1) is 35.2. The van der Waals surface area contributed by atoms with Crippen LogP contribution in [-0.4, -0.2) is 29.6 Å². The van der Waals surface area contributed by atoms with Crippen molar-refractivity contribution in [2.75, 3.05) is 20.0 Å². The van der Waals surface area contributed by atoms with Crippen molar-refractivity contribution in [3.8, 4) is 11.5 Å². The second kappa shape index (κ2) is 16.4. The number of benzene rings is 6. The van der Waals surface area contributed by atoms with E-state index in [9.17, 15) is 14.4 Å². The van der Waals surface area contributed by atoms with Gasteiger partial charge in [0.2, 0.25) is 0 Å². The van der Waals surface area contributed by atoms with Crippen LogP contribution in [0.1, 0.15) is 51.0 Å². The van der Waals surface area contributed by atoms with E-state index in [1.165, 1.54) is 4.57 Å². The van der Waals surface area contributed by atoms with E-state index in [4.69, 9.17) is 15.2 Å². The van der Waals surface area contributed by atoms with Crippen LogP contribution in [-0.2, 0) is 0 Å². The first-order valence-electron chi connectivity index (χ1n) is 16.9. The van der Waals surface area contributed by atoms with Gasteiger partial charge in [-0.1, -0.05) is 121 Å². The molecule has 7 aromatic rings. The van der Waals surface area contributed by atoms with Gasteiger partial charge >= 0.3 is 5.69 Å². The van der Waals surface area contributed by atoms with Gasteiger partial charge in [0.25, 0.3) is 5.56 Å².